The lowest BCUT2D eigenvalue weighted by atomic mass is 9.94. The Balaban J connectivity index is 0.000000108. The molecule has 0 saturated carbocycles. The maximum Gasteiger partial charge on any atom is 0.160 e. The lowest BCUT2D eigenvalue weighted by molar-refractivity contribution is 1.19. The van der Waals surface area contributed by atoms with Crippen molar-refractivity contribution in [2.24, 2.45) is 0 Å². The molecule has 0 fully saturated rings. The summed E-state index contributed by atoms with van der Waals surface area (Å²) in [6, 6.07) is 183. The zero-order valence-corrected chi connectivity index (χ0v) is 85.5. The largest absolute Gasteiger partial charge is 0.228 e. The van der Waals surface area contributed by atoms with Crippen molar-refractivity contribution < 1.29 is 0 Å². The zero-order valence-electron chi connectivity index (χ0n) is 80.6. The van der Waals surface area contributed by atoms with Crippen molar-refractivity contribution >= 4 is 189 Å². The highest BCUT2D eigenvalue weighted by Gasteiger charge is 2.23. The fraction of sp³-hybridized carbons (Fsp3) is 0. The molecule has 9 aromatic heterocycles. The summed E-state index contributed by atoms with van der Waals surface area (Å²) in [5.41, 5.74) is 29.1. The van der Waals surface area contributed by atoms with Crippen LogP contribution >= 0.6 is 68.0 Å². The van der Waals surface area contributed by atoms with Crippen LogP contribution in [0.25, 0.3) is 290 Å². The Morgan fingerprint density at radius 3 is 0.553 bits per heavy atom. The summed E-state index contributed by atoms with van der Waals surface area (Å²) in [5.74, 6) is 2.18. The fourth-order valence-corrected chi connectivity index (χ4v) is 27.8. The van der Waals surface area contributed by atoms with E-state index in [0.717, 1.165) is 118 Å². The lowest BCUT2D eigenvalue weighted by Gasteiger charge is -2.13. The van der Waals surface area contributed by atoms with Gasteiger partial charge in [-0.05, 0) is 188 Å². The van der Waals surface area contributed by atoms with Gasteiger partial charge in [0.05, 0.1) is 34.2 Å². The molecule has 21 aromatic carbocycles. The van der Waals surface area contributed by atoms with Gasteiger partial charge in [-0.3, -0.25) is 0 Å². The van der Waals surface area contributed by atoms with Crippen molar-refractivity contribution in [1.29, 1.82) is 0 Å². The van der Waals surface area contributed by atoms with E-state index in [0.29, 0.717) is 0 Å². The normalized spacial score (nSPS) is 11.6. The van der Waals surface area contributed by atoms with Gasteiger partial charge in [0.15, 0.2) is 17.5 Å². The highest BCUT2D eigenvalue weighted by molar-refractivity contribution is 7.28. The van der Waals surface area contributed by atoms with Crippen molar-refractivity contribution in [3.63, 3.8) is 0 Å². The van der Waals surface area contributed by atoms with Gasteiger partial charge in [0, 0.05) is 171 Å². The first-order valence-electron chi connectivity index (χ1n) is 50.2. The van der Waals surface area contributed by atoms with Gasteiger partial charge in [-0.1, -0.05) is 388 Å². The van der Waals surface area contributed by atoms with Crippen LogP contribution in [0, 0.1) is 0 Å². The first kappa shape index (κ1) is 89.8. The first-order valence-corrected chi connectivity index (χ1v) is 55.1. The maximum absolute atomic E-state index is 5.32. The molecule has 0 unspecified atom stereocenters. The number of hydrogen-bond acceptors (Lipinski definition) is 12. The van der Waals surface area contributed by atoms with Crippen LogP contribution in [0.2, 0.25) is 0 Å². The molecule has 0 aliphatic heterocycles. The van der Waals surface area contributed by atoms with E-state index in [-0.39, 0.29) is 0 Å². The van der Waals surface area contributed by atoms with E-state index >= 15 is 0 Å². The van der Waals surface area contributed by atoms with Gasteiger partial charge in [0.1, 0.15) is 0 Å². The van der Waals surface area contributed by atoms with Crippen LogP contribution in [0.3, 0.4) is 0 Å². The molecule has 702 valence electrons. The topological polar surface area (TPSA) is 77.3 Å². The van der Waals surface area contributed by atoms with E-state index in [2.05, 4.69) is 510 Å². The Kier molecular flexibility index (Phi) is 23.1. The van der Waals surface area contributed by atoms with Crippen LogP contribution in [0.4, 0.5) is 0 Å². The van der Waals surface area contributed by atoms with Crippen LogP contribution in [0.1, 0.15) is 0 Å². The summed E-state index contributed by atoms with van der Waals surface area (Å²) < 4.78 is 15.3. The maximum atomic E-state index is 5.32. The molecule has 0 atom stereocenters. The quantitative estimate of drug-likeness (QED) is 0.102. The van der Waals surface area contributed by atoms with Gasteiger partial charge in [-0.25, -0.2) is 29.9 Å². The van der Waals surface area contributed by atoms with Crippen molar-refractivity contribution in [3.8, 4) is 168 Å². The lowest BCUT2D eigenvalue weighted by Crippen LogP contribution is -1.96. The van der Waals surface area contributed by atoms with Gasteiger partial charge in [-0.15, -0.1) is 68.0 Å². The molecule has 0 saturated heterocycles. The van der Waals surface area contributed by atoms with Crippen LogP contribution in [0.15, 0.2) is 510 Å². The van der Waals surface area contributed by atoms with E-state index in [9.17, 15) is 0 Å². The average molecular weight is 2020 g/mol. The highest BCUT2D eigenvalue weighted by Crippen LogP contribution is 2.47. The van der Waals surface area contributed by atoms with E-state index < -0.39 is 0 Å². The number of benzene rings is 21. The molecule has 150 heavy (non-hydrogen) atoms. The SMILES string of the molecule is c1ccc(-c2cc(-c3ccccc3)cc(-c3cc(-c4ccc5c(c4)sc4ccccc45)nc(-c4ccc5c(c4)sc4ccccc45)n3)c2)cc1.c1ccc(-c2ccc(-c3cccc(-c4cc(-c5ccc6c(c5)sc5ccccc56)nc(-c5ccc6c(c5)sc5ccccc56)n4)c3)cc2)cc1.c1ccc(-c2cccc(-c3ccc(-c4cc(-c5ccc6c(c5)sc5ccccc56)nc(-c5ccc6c(c5)sc5ccccc56)n4)cc3)c2)cc1. The smallest absolute Gasteiger partial charge is 0.160 e. The fourth-order valence-electron chi connectivity index (χ4n) is 20.9. The van der Waals surface area contributed by atoms with Crippen molar-refractivity contribution in [2.45, 2.75) is 0 Å². The Bertz CT molecular complexity index is 10000. The summed E-state index contributed by atoms with van der Waals surface area (Å²) >= 11 is 11.0. The number of hydrogen-bond donors (Lipinski definition) is 0. The predicted molar refractivity (Wildman–Crippen MR) is 645 cm³/mol. The van der Waals surface area contributed by atoms with Crippen molar-refractivity contribution in [3.05, 3.63) is 510 Å². The van der Waals surface area contributed by atoms with Gasteiger partial charge in [0.2, 0.25) is 0 Å². The Morgan fingerprint density at radius 1 is 0.0933 bits per heavy atom. The zero-order chi connectivity index (χ0) is 99.1. The number of fused-ring (bicyclic) bond motifs is 18. The highest BCUT2D eigenvalue weighted by atomic mass is 32.1. The molecule has 0 aliphatic carbocycles. The molecule has 0 amide bonds. The van der Waals surface area contributed by atoms with E-state index in [1.807, 2.05) is 68.0 Å². The van der Waals surface area contributed by atoms with E-state index in [4.69, 9.17) is 29.9 Å². The van der Waals surface area contributed by atoms with Crippen LogP contribution < -0.4 is 0 Å². The summed E-state index contributed by atoms with van der Waals surface area (Å²) in [7, 11) is 0. The van der Waals surface area contributed by atoms with Crippen LogP contribution in [-0.4, -0.2) is 29.9 Å². The number of nitrogens with zero attached hydrogens (tertiary/aromatic N) is 6. The summed E-state index contributed by atoms with van der Waals surface area (Å²) in [6.45, 7) is 0. The molecule has 0 N–H and O–H groups in total. The molecule has 9 heterocycles. The van der Waals surface area contributed by atoms with Crippen molar-refractivity contribution in [2.75, 3.05) is 0 Å². The molecular formula is C138H84N6S6. The van der Waals surface area contributed by atoms with Crippen molar-refractivity contribution in [1.82, 2.24) is 29.9 Å². The minimum atomic E-state index is 0.722. The molecule has 0 aliphatic rings. The van der Waals surface area contributed by atoms with Crippen LogP contribution in [-0.2, 0) is 0 Å². The van der Waals surface area contributed by atoms with Gasteiger partial charge < -0.3 is 0 Å². The Morgan fingerprint density at radius 2 is 0.260 bits per heavy atom. The minimum absolute atomic E-state index is 0.722. The molecule has 12 heteroatoms. The van der Waals surface area contributed by atoms with Crippen LogP contribution in [0.5, 0.6) is 0 Å². The molecule has 0 radical (unpaired) electrons. The number of aromatic nitrogens is 6. The first-order chi connectivity index (χ1) is 74.2. The van der Waals surface area contributed by atoms with Gasteiger partial charge in [0.25, 0.3) is 0 Å². The molecule has 30 aromatic rings. The van der Waals surface area contributed by atoms with Gasteiger partial charge >= 0.3 is 0 Å². The number of thiophene rings is 6. The van der Waals surface area contributed by atoms with E-state index in [1.54, 1.807) is 0 Å². The molecule has 0 bridgehead atoms. The minimum Gasteiger partial charge on any atom is -0.228 e. The molecule has 6 nitrogen and oxygen atoms in total. The third-order valence-corrected chi connectivity index (χ3v) is 35.3. The third kappa shape index (κ3) is 17.3. The average Bonchev–Trinajstić information content (AvgIpc) is 1.61. The molecular weight excluding hydrogens is 1930 g/mol. The third-order valence-electron chi connectivity index (χ3n) is 28.5. The second kappa shape index (κ2) is 38.5. The Hall–Kier alpha value is -17.8. The second-order valence-corrected chi connectivity index (χ2v) is 44.3. The standard InChI is InChI=1S/3C46H28N2S2/c1-3-11-29(12-4-1)33-23-34(30-13-5-2-6-14-30)25-35(24-33)41-28-40(31-19-21-38-36-15-7-9-17-42(36)49-44(38)26-31)47-46(48-41)32-20-22-39-37-16-8-10-18-43(37)50-45(39)27-32;1-2-9-29(10-3-1)32-11-8-12-33(25-32)30-17-19-31(20-18-30)40-28-41(34-21-23-38-36-13-4-6-15-42(36)49-44(38)26-34)48-46(47-40)35-22-24-39-37-14-5-7-16-43(37)50-45(39)27-35;1-2-9-29(10-3-1)30-17-19-31(20-18-30)32-11-8-12-33(25-32)40-28-41(34-21-23-38-36-13-4-6-15-42(36)49-44(38)26-34)48-46(47-40)35-22-24-39-37-14-5-7-16-43(37)50-45(39)27-35/h3*1-28H. The summed E-state index contributed by atoms with van der Waals surface area (Å²) in [4.78, 5) is 31.5. The number of rotatable bonds is 15. The van der Waals surface area contributed by atoms with E-state index in [1.165, 1.54) is 171 Å². The Labute approximate surface area is 889 Å². The monoisotopic (exact) mass is 2020 g/mol. The predicted octanol–water partition coefficient (Wildman–Crippen LogP) is 40.6. The molecule has 0 spiro atoms. The van der Waals surface area contributed by atoms with Gasteiger partial charge in [-0.2, -0.15) is 0 Å². The summed E-state index contributed by atoms with van der Waals surface area (Å²) in [6.07, 6.45) is 0. The second-order valence-electron chi connectivity index (χ2n) is 37.8. The summed E-state index contributed by atoms with van der Waals surface area (Å²) in [5, 5.41) is 15.4. The molecule has 30 rings (SSSR count).